The van der Waals surface area contributed by atoms with Crippen molar-refractivity contribution in [3.05, 3.63) is 39.4 Å². The van der Waals surface area contributed by atoms with E-state index in [0.29, 0.717) is 0 Å². The highest BCUT2D eigenvalue weighted by molar-refractivity contribution is 5.99. The molecule has 0 saturated carbocycles. The number of hydrazine groups is 1. The summed E-state index contributed by atoms with van der Waals surface area (Å²) < 4.78 is 4.78. The number of benzene rings is 1. The molecule has 0 spiro atoms. The van der Waals surface area contributed by atoms with Gasteiger partial charge in [0.15, 0.2) is 0 Å². The fraction of sp³-hybridized carbons (Fsp3) is 0.400. The minimum absolute atomic E-state index is 0.0916. The third kappa shape index (κ3) is 5.67. The first-order valence-electron chi connectivity index (χ1n) is 7.30. The van der Waals surface area contributed by atoms with Gasteiger partial charge in [-0.05, 0) is 18.9 Å². The van der Waals surface area contributed by atoms with Crippen molar-refractivity contribution in [3.63, 3.8) is 0 Å². The molecular formula is C15H19N3O6. The molecule has 0 unspecified atom stereocenters. The number of nitro groups is 1. The number of nitro benzene ring substituents is 1. The first-order chi connectivity index (χ1) is 11.2. The van der Waals surface area contributed by atoms with E-state index < -0.39 is 28.4 Å². The van der Waals surface area contributed by atoms with Crippen LogP contribution in [0.25, 0.3) is 0 Å². The van der Waals surface area contributed by atoms with Crippen molar-refractivity contribution in [2.24, 2.45) is 5.92 Å². The molecule has 0 bridgehead atoms. The summed E-state index contributed by atoms with van der Waals surface area (Å²) in [5.74, 6) is -1.84. The second-order valence-corrected chi connectivity index (χ2v) is 5.35. The zero-order chi connectivity index (χ0) is 18.3. The summed E-state index contributed by atoms with van der Waals surface area (Å²) >= 11 is 0. The maximum absolute atomic E-state index is 12.0. The van der Waals surface area contributed by atoms with Gasteiger partial charge in [0.1, 0.15) is 0 Å². The predicted octanol–water partition coefficient (Wildman–Crippen LogP) is 1.58. The number of carbonyl (C=O) groups is 3. The minimum atomic E-state index is -0.779. The second-order valence-electron chi connectivity index (χ2n) is 5.35. The predicted molar refractivity (Wildman–Crippen MR) is 84.1 cm³/mol. The van der Waals surface area contributed by atoms with Gasteiger partial charge in [-0.3, -0.25) is 30.6 Å². The van der Waals surface area contributed by atoms with Crippen LogP contribution in [0.1, 0.15) is 47.9 Å². The third-order valence-electron chi connectivity index (χ3n) is 2.81. The minimum Gasteiger partial charge on any atom is -0.462 e. The summed E-state index contributed by atoms with van der Waals surface area (Å²) in [6.45, 7) is 5.36. The zero-order valence-electron chi connectivity index (χ0n) is 13.6. The number of amides is 2. The molecule has 24 heavy (non-hydrogen) atoms. The molecule has 0 saturated heterocycles. The van der Waals surface area contributed by atoms with Crippen LogP contribution in [0.2, 0.25) is 0 Å². The summed E-state index contributed by atoms with van der Waals surface area (Å²) in [6, 6.07) is 3.19. The fourth-order valence-electron chi connectivity index (χ4n) is 1.80. The van der Waals surface area contributed by atoms with Crippen LogP contribution in [0.3, 0.4) is 0 Å². The van der Waals surface area contributed by atoms with Crippen molar-refractivity contribution in [1.29, 1.82) is 0 Å². The van der Waals surface area contributed by atoms with E-state index in [2.05, 4.69) is 10.9 Å². The van der Waals surface area contributed by atoms with Crippen molar-refractivity contribution in [3.8, 4) is 0 Å². The molecule has 1 aromatic rings. The highest BCUT2D eigenvalue weighted by Gasteiger charge is 2.19. The van der Waals surface area contributed by atoms with Crippen LogP contribution in [0, 0.1) is 16.0 Å². The van der Waals surface area contributed by atoms with E-state index in [4.69, 9.17) is 4.74 Å². The fourth-order valence-corrected chi connectivity index (χ4v) is 1.80. The summed E-state index contributed by atoms with van der Waals surface area (Å²) in [5.41, 5.74) is 3.67. The van der Waals surface area contributed by atoms with E-state index >= 15 is 0 Å². The lowest BCUT2D eigenvalue weighted by Crippen LogP contribution is -2.42. The Kier molecular flexibility index (Phi) is 6.84. The highest BCUT2D eigenvalue weighted by atomic mass is 16.6. The Morgan fingerprint density at radius 1 is 1.17 bits per heavy atom. The quantitative estimate of drug-likeness (QED) is 0.461. The Balaban J connectivity index is 2.96. The molecule has 0 atom stereocenters. The molecule has 2 N–H and O–H groups in total. The molecule has 1 rings (SSSR count). The maximum atomic E-state index is 12.0. The lowest BCUT2D eigenvalue weighted by atomic mass is 10.1. The number of esters is 1. The van der Waals surface area contributed by atoms with Crippen molar-refractivity contribution < 1.29 is 24.0 Å². The van der Waals surface area contributed by atoms with Crippen molar-refractivity contribution >= 4 is 23.5 Å². The topological polar surface area (TPSA) is 128 Å². The average molecular weight is 337 g/mol. The van der Waals surface area contributed by atoms with Crippen LogP contribution in [0.5, 0.6) is 0 Å². The molecule has 0 aliphatic heterocycles. The first-order valence-corrected chi connectivity index (χ1v) is 7.30. The molecule has 9 heteroatoms. The number of hydrogen-bond donors (Lipinski definition) is 2. The molecule has 0 aliphatic rings. The summed E-state index contributed by atoms with van der Waals surface area (Å²) in [6.07, 6.45) is 0.212. The van der Waals surface area contributed by atoms with E-state index in [9.17, 15) is 24.5 Å². The molecule has 0 aromatic heterocycles. The summed E-state index contributed by atoms with van der Waals surface area (Å²) in [4.78, 5) is 45.5. The average Bonchev–Trinajstić information content (AvgIpc) is 2.51. The standard InChI is InChI=1S/C15H19N3O6/c1-4-24-15(21)11-6-10(7-12(8-11)18(22)23)14(20)17-16-13(19)5-9(2)3/h6-9H,4-5H2,1-3H3,(H,16,19)(H,17,20). The number of nitrogens with zero attached hydrogens (tertiary/aromatic N) is 1. The van der Waals surface area contributed by atoms with Crippen LogP contribution >= 0.6 is 0 Å². The van der Waals surface area contributed by atoms with E-state index in [1.807, 2.05) is 13.8 Å². The van der Waals surface area contributed by atoms with Crippen molar-refractivity contribution in [2.45, 2.75) is 27.2 Å². The molecule has 0 heterocycles. The Labute approximate surface area is 138 Å². The van der Waals surface area contributed by atoms with Crippen LogP contribution in [0.4, 0.5) is 5.69 Å². The van der Waals surface area contributed by atoms with Gasteiger partial charge in [-0.15, -0.1) is 0 Å². The largest absolute Gasteiger partial charge is 0.462 e. The van der Waals surface area contributed by atoms with Gasteiger partial charge in [0.2, 0.25) is 5.91 Å². The van der Waals surface area contributed by atoms with Gasteiger partial charge in [0, 0.05) is 24.1 Å². The number of rotatable bonds is 6. The van der Waals surface area contributed by atoms with Gasteiger partial charge >= 0.3 is 5.97 Å². The summed E-state index contributed by atoms with van der Waals surface area (Å²) in [7, 11) is 0. The molecular weight excluding hydrogens is 318 g/mol. The first kappa shape index (κ1) is 19.1. The van der Waals surface area contributed by atoms with Gasteiger partial charge in [0.05, 0.1) is 17.1 Å². The maximum Gasteiger partial charge on any atom is 0.338 e. The number of non-ortho nitro benzene ring substituents is 1. The lowest BCUT2D eigenvalue weighted by molar-refractivity contribution is -0.384. The molecule has 0 radical (unpaired) electrons. The Bertz CT molecular complexity index is 657. The molecule has 130 valence electrons. The van der Waals surface area contributed by atoms with E-state index in [1.165, 1.54) is 0 Å². The Morgan fingerprint density at radius 2 is 1.79 bits per heavy atom. The van der Waals surface area contributed by atoms with E-state index in [0.717, 1.165) is 18.2 Å². The van der Waals surface area contributed by atoms with Gasteiger partial charge in [-0.2, -0.15) is 0 Å². The SMILES string of the molecule is CCOC(=O)c1cc(C(=O)NNC(=O)CC(C)C)cc([N+](=O)[O-])c1. The Hall–Kier alpha value is -2.97. The van der Waals surface area contributed by atoms with Gasteiger partial charge in [0.25, 0.3) is 11.6 Å². The van der Waals surface area contributed by atoms with Gasteiger partial charge in [-0.25, -0.2) is 4.79 Å². The zero-order valence-corrected chi connectivity index (χ0v) is 13.6. The highest BCUT2D eigenvalue weighted by Crippen LogP contribution is 2.18. The number of nitrogens with one attached hydrogen (secondary N) is 2. The van der Waals surface area contributed by atoms with Crippen molar-refractivity contribution in [2.75, 3.05) is 6.61 Å². The van der Waals surface area contributed by atoms with Gasteiger partial charge in [-0.1, -0.05) is 13.8 Å². The lowest BCUT2D eigenvalue weighted by Gasteiger charge is -2.09. The Morgan fingerprint density at radius 3 is 2.33 bits per heavy atom. The molecule has 1 aromatic carbocycles. The van der Waals surface area contributed by atoms with Crippen LogP contribution in [-0.2, 0) is 9.53 Å². The van der Waals surface area contributed by atoms with Crippen molar-refractivity contribution in [1.82, 2.24) is 10.9 Å². The second kappa shape index (κ2) is 8.61. The number of carbonyl (C=O) groups excluding carboxylic acids is 3. The normalized spacial score (nSPS) is 10.2. The third-order valence-corrected chi connectivity index (χ3v) is 2.81. The molecule has 9 nitrogen and oxygen atoms in total. The van der Waals surface area contributed by atoms with Crippen LogP contribution in [0.15, 0.2) is 18.2 Å². The number of hydrogen-bond acceptors (Lipinski definition) is 6. The number of ether oxygens (including phenoxy) is 1. The molecule has 2 amide bonds. The monoisotopic (exact) mass is 337 g/mol. The molecule has 0 fully saturated rings. The summed E-state index contributed by atoms with van der Waals surface area (Å²) in [5, 5.41) is 10.9. The van der Waals surface area contributed by atoms with Crippen LogP contribution in [-0.4, -0.2) is 29.3 Å². The van der Waals surface area contributed by atoms with Gasteiger partial charge < -0.3 is 4.74 Å². The van der Waals surface area contributed by atoms with E-state index in [-0.39, 0.29) is 30.1 Å². The molecule has 0 aliphatic carbocycles. The smallest absolute Gasteiger partial charge is 0.338 e. The van der Waals surface area contributed by atoms with Crippen LogP contribution < -0.4 is 10.9 Å². The van der Waals surface area contributed by atoms with E-state index in [1.54, 1.807) is 6.92 Å².